The maximum Gasteiger partial charge on any atom is 0.311 e. The second kappa shape index (κ2) is 30.0. The van der Waals surface area contributed by atoms with Crippen LogP contribution in [0, 0.1) is 20.9 Å². The lowest BCUT2D eigenvalue weighted by Crippen LogP contribution is -2.39. The molecule has 0 heterocycles. The minimum absolute atomic E-state index is 0.0406. The topological polar surface area (TPSA) is 167 Å². The molecule has 364 valence electrons. The number of carbonyl (C=O) groups is 2. The van der Waals surface area contributed by atoms with Gasteiger partial charge in [0, 0.05) is 36.5 Å². The number of nitro groups is 1. The van der Waals surface area contributed by atoms with Crippen molar-refractivity contribution >= 4 is 46.1 Å². The number of nitro benzene ring substituents is 1. The maximum atomic E-state index is 13.5. The second-order valence-electron chi connectivity index (χ2n) is 18.0. The average Bonchev–Trinajstić information content (AvgIpc) is 3.32. The van der Waals surface area contributed by atoms with Crippen LogP contribution in [-0.4, -0.2) is 57.4 Å². The zero-order chi connectivity index (χ0) is 48.2. The lowest BCUT2D eigenvalue weighted by atomic mass is 9.72. The van der Waals surface area contributed by atoms with Crippen LogP contribution in [-0.2, 0) is 19.1 Å². The molecule has 0 saturated carbocycles. The Kier molecular flexibility index (Phi) is 25.0. The third-order valence-corrected chi connectivity index (χ3v) is 12.2. The smallest absolute Gasteiger partial charge is 0.311 e. The van der Waals surface area contributed by atoms with Crippen molar-refractivity contribution in [2.45, 2.75) is 157 Å². The minimum atomic E-state index is -0.840. The van der Waals surface area contributed by atoms with Crippen LogP contribution in [0.2, 0.25) is 0 Å². The molecule has 0 N–H and O–H groups in total. The third-order valence-electron chi connectivity index (χ3n) is 12.2. The number of likely N-dealkylation sites (N-methyl/N-ethyl adjacent to an activating group) is 1. The average molecular weight is 915 g/mol. The van der Waals surface area contributed by atoms with E-state index in [-0.39, 0.29) is 24.2 Å². The van der Waals surface area contributed by atoms with Crippen molar-refractivity contribution in [1.29, 1.82) is 0 Å². The molecule has 0 aliphatic carbocycles. The van der Waals surface area contributed by atoms with E-state index in [0.717, 1.165) is 18.5 Å². The van der Waals surface area contributed by atoms with E-state index >= 15 is 0 Å². The van der Waals surface area contributed by atoms with Crippen LogP contribution in [0.25, 0.3) is 0 Å². The number of ether oxygens (including phenoxy) is 4. The van der Waals surface area contributed by atoms with Crippen molar-refractivity contribution in [3.63, 3.8) is 0 Å². The Morgan fingerprint density at radius 2 is 1.05 bits per heavy atom. The van der Waals surface area contributed by atoms with Gasteiger partial charge in [0.25, 0.3) is 5.69 Å². The van der Waals surface area contributed by atoms with E-state index in [1.165, 1.54) is 128 Å². The monoisotopic (exact) mass is 915 g/mol. The number of hydrogen-bond donors (Lipinski definition) is 0. The summed E-state index contributed by atoms with van der Waals surface area (Å²) in [4.78, 5) is 39.3. The summed E-state index contributed by atoms with van der Waals surface area (Å²) in [6.45, 7) is 13.6. The molecular weight excluding hydrogens is 837 g/mol. The van der Waals surface area contributed by atoms with Gasteiger partial charge in [0.2, 0.25) is 0 Å². The quantitative estimate of drug-likeness (QED) is 0.0186. The van der Waals surface area contributed by atoms with Gasteiger partial charge in [0.15, 0.2) is 0 Å². The largest absolute Gasteiger partial charge is 0.494 e. The Hall–Kier alpha value is -5.40. The number of methoxy groups -OCH3 is 2. The van der Waals surface area contributed by atoms with Gasteiger partial charge >= 0.3 is 11.9 Å². The molecule has 0 aliphatic heterocycles. The highest BCUT2D eigenvalue weighted by Gasteiger charge is 2.43. The highest BCUT2D eigenvalue weighted by Crippen LogP contribution is 2.42. The fourth-order valence-corrected chi connectivity index (χ4v) is 7.91. The number of unbranched alkanes of at least 4 members (excludes halogenated alkanes) is 15. The summed E-state index contributed by atoms with van der Waals surface area (Å²) in [5.41, 5.74) is 1.04. The van der Waals surface area contributed by atoms with Crippen LogP contribution in [0.1, 0.15) is 157 Å². The number of esters is 2. The number of nitrogens with zero attached hydrogens (tertiary/aromatic N) is 6. The molecular formula is C52H78N6O8. The summed E-state index contributed by atoms with van der Waals surface area (Å²) >= 11 is 0. The van der Waals surface area contributed by atoms with Gasteiger partial charge in [-0.1, -0.05) is 110 Å². The van der Waals surface area contributed by atoms with Crippen LogP contribution in [0.3, 0.4) is 0 Å². The standard InChI is InChI=1S/C52H78N6O8/c1-9-12-13-14-15-16-17-18-19-20-21-22-23-24-25-26-36-65-49(59)51(4,5)40-52(6,10-2)50(60)66-37-35-57(11-3)43-31-27-41(28-32-43)53-55-45-38-48(64-8)46(39-47(45)63-7)56-54-42-29-33-44(34-30-42)58(61)62/h27-34,38-39H,9-26,35-37,40H2,1-8H3/b55-53+,56-54+. The van der Waals surface area contributed by atoms with Gasteiger partial charge < -0.3 is 23.8 Å². The first-order chi connectivity index (χ1) is 31.8. The molecule has 0 saturated heterocycles. The summed E-state index contributed by atoms with van der Waals surface area (Å²) in [6.07, 6.45) is 21.6. The summed E-state index contributed by atoms with van der Waals surface area (Å²) in [7, 11) is 3.00. The molecule has 14 nitrogen and oxygen atoms in total. The fraction of sp³-hybridized carbons (Fsp3) is 0.615. The van der Waals surface area contributed by atoms with E-state index < -0.39 is 15.8 Å². The second-order valence-corrected chi connectivity index (χ2v) is 18.0. The molecule has 3 rings (SSSR count). The van der Waals surface area contributed by atoms with Crippen LogP contribution in [0.4, 0.5) is 34.1 Å². The van der Waals surface area contributed by atoms with Gasteiger partial charge in [0.1, 0.15) is 29.5 Å². The third kappa shape index (κ3) is 19.2. The van der Waals surface area contributed by atoms with Gasteiger partial charge in [-0.25, -0.2) is 0 Å². The molecule has 0 bridgehead atoms. The minimum Gasteiger partial charge on any atom is -0.494 e. The lowest BCUT2D eigenvalue weighted by molar-refractivity contribution is -0.384. The van der Waals surface area contributed by atoms with Gasteiger partial charge in [0.05, 0.1) is 54.5 Å². The van der Waals surface area contributed by atoms with E-state index in [9.17, 15) is 19.7 Å². The predicted octanol–water partition coefficient (Wildman–Crippen LogP) is 15.4. The molecule has 0 fully saturated rings. The van der Waals surface area contributed by atoms with Crippen molar-refractivity contribution in [3.05, 3.63) is 70.8 Å². The number of hydrogen-bond acceptors (Lipinski definition) is 13. The normalized spacial score (nSPS) is 12.6. The SMILES string of the molecule is CCCCCCCCCCCCCCCCCCOC(=O)C(C)(C)CC(C)(CC)C(=O)OCCN(CC)c1ccc(/N=N/c2cc(OC)c(/N=N/c3ccc([N+](=O)[O-])cc3)cc2OC)cc1. The van der Waals surface area contributed by atoms with E-state index in [1.54, 1.807) is 12.1 Å². The van der Waals surface area contributed by atoms with E-state index in [0.29, 0.717) is 66.8 Å². The summed E-state index contributed by atoms with van der Waals surface area (Å²) < 4.78 is 22.7. The molecule has 0 aliphatic rings. The molecule has 3 aromatic carbocycles. The highest BCUT2D eigenvalue weighted by atomic mass is 16.6. The van der Waals surface area contributed by atoms with Crippen molar-refractivity contribution in [2.75, 3.05) is 45.4 Å². The van der Waals surface area contributed by atoms with Gasteiger partial charge in [-0.2, -0.15) is 10.2 Å². The van der Waals surface area contributed by atoms with E-state index in [1.807, 2.05) is 58.9 Å². The van der Waals surface area contributed by atoms with Gasteiger partial charge in [-0.15, -0.1) is 10.2 Å². The molecule has 1 unspecified atom stereocenters. The summed E-state index contributed by atoms with van der Waals surface area (Å²) in [5.74, 6) is 0.187. The molecule has 66 heavy (non-hydrogen) atoms. The molecule has 0 aromatic heterocycles. The van der Waals surface area contributed by atoms with E-state index in [2.05, 4.69) is 32.3 Å². The van der Waals surface area contributed by atoms with Crippen molar-refractivity contribution in [3.8, 4) is 11.5 Å². The number of anilines is 1. The fourth-order valence-electron chi connectivity index (χ4n) is 7.91. The van der Waals surface area contributed by atoms with Crippen molar-refractivity contribution in [2.24, 2.45) is 31.3 Å². The first kappa shape index (κ1) is 54.9. The zero-order valence-electron chi connectivity index (χ0n) is 41.3. The Morgan fingerprint density at radius 1 is 0.606 bits per heavy atom. The predicted molar refractivity (Wildman–Crippen MR) is 264 cm³/mol. The number of rotatable bonds is 34. The number of azo groups is 2. The molecule has 0 radical (unpaired) electrons. The molecule has 1 atom stereocenters. The Bertz CT molecular complexity index is 1950. The lowest BCUT2D eigenvalue weighted by Gasteiger charge is -2.34. The van der Waals surface area contributed by atoms with Crippen molar-refractivity contribution in [1.82, 2.24) is 0 Å². The van der Waals surface area contributed by atoms with Crippen LogP contribution in [0.5, 0.6) is 11.5 Å². The number of benzene rings is 3. The van der Waals surface area contributed by atoms with Gasteiger partial charge in [-0.3, -0.25) is 19.7 Å². The number of carbonyl (C=O) groups excluding carboxylic acids is 2. The summed E-state index contributed by atoms with van der Waals surface area (Å²) in [6, 6.07) is 16.5. The molecule has 0 spiro atoms. The van der Waals surface area contributed by atoms with E-state index in [4.69, 9.17) is 18.9 Å². The highest BCUT2D eigenvalue weighted by molar-refractivity contribution is 5.80. The van der Waals surface area contributed by atoms with Crippen LogP contribution in [0.15, 0.2) is 81.1 Å². The Labute approximate surface area is 394 Å². The number of non-ortho nitro benzene ring substituents is 1. The first-order valence-electron chi connectivity index (χ1n) is 24.3. The van der Waals surface area contributed by atoms with Crippen LogP contribution < -0.4 is 14.4 Å². The first-order valence-corrected chi connectivity index (χ1v) is 24.3. The molecule has 14 heteroatoms. The molecule has 0 amide bonds. The van der Waals surface area contributed by atoms with Crippen molar-refractivity contribution < 1.29 is 33.5 Å². The Morgan fingerprint density at radius 3 is 1.47 bits per heavy atom. The summed E-state index contributed by atoms with van der Waals surface area (Å²) in [5, 5.41) is 28.2. The maximum absolute atomic E-state index is 13.5. The Balaban J connectivity index is 1.41. The van der Waals surface area contributed by atoms with Gasteiger partial charge in [-0.05, 0) is 83.4 Å². The molecule has 3 aromatic rings. The zero-order valence-corrected chi connectivity index (χ0v) is 41.3. The van der Waals surface area contributed by atoms with Crippen LogP contribution >= 0.6 is 0 Å².